The van der Waals surface area contributed by atoms with Crippen molar-refractivity contribution in [1.29, 1.82) is 0 Å². The lowest BCUT2D eigenvalue weighted by Crippen LogP contribution is -2.32. The number of hydrogen-bond acceptors (Lipinski definition) is 5. The van der Waals surface area contributed by atoms with Crippen LogP contribution in [0.4, 0.5) is 4.39 Å². The van der Waals surface area contributed by atoms with Crippen molar-refractivity contribution in [2.45, 2.75) is 25.3 Å². The molecule has 3 aromatic rings. The topological polar surface area (TPSA) is 56.1 Å². The van der Waals surface area contributed by atoms with E-state index in [4.69, 9.17) is 4.74 Å². The highest BCUT2D eigenvalue weighted by molar-refractivity contribution is 5.85. The quantitative estimate of drug-likeness (QED) is 0.691. The number of aromatic nitrogens is 4. The SMILES string of the molecule is Cl.Fc1ccccc1-c1nnn2c1CO[C@@H]1CN(Cc3cccnc3)C[C@H]12. The number of ether oxygens (including phenoxy) is 1. The van der Waals surface area contributed by atoms with Gasteiger partial charge in [-0.05, 0) is 23.8 Å². The van der Waals surface area contributed by atoms with E-state index in [1.54, 1.807) is 18.3 Å². The molecule has 0 spiro atoms. The van der Waals surface area contributed by atoms with Gasteiger partial charge < -0.3 is 4.74 Å². The van der Waals surface area contributed by atoms with Crippen molar-refractivity contribution in [2.24, 2.45) is 0 Å². The minimum absolute atomic E-state index is 0. The first kappa shape index (κ1) is 18.0. The second-order valence-corrected chi connectivity index (χ2v) is 6.78. The highest BCUT2D eigenvalue weighted by Crippen LogP contribution is 2.35. The second kappa shape index (κ2) is 7.34. The largest absolute Gasteiger partial charge is 0.368 e. The lowest BCUT2D eigenvalue weighted by atomic mass is 10.1. The van der Waals surface area contributed by atoms with Gasteiger partial charge in [0.1, 0.15) is 11.5 Å². The molecule has 4 heterocycles. The molecule has 0 amide bonds. The van der Waals surface area contributed by atoms with Gasteiger partial charge in [0.2, 0.25) is 0 Å². The molecule has 0 radical (unpaired) electrons. The Morgan fingerprint density at radius 2 is 2.04 bits per heavy atom. The molecule has 0 bridgehead atoms. The van der Waals surface area contributed by atoms with E-state index in [0.29, 0.717) is 17.9 Å². The molecular formula is C19H19ClFN5O. The van der Waals surface area contributed by atoms with Crippen LogP contribution in [-0.2, 0) is 17.9 Å². The monoisotopic (exact) mass is 387 g/mol. The number of benzene rings is 1. The van der Waals surface area contributed by atoms with Crippen LogP contribution in [0.5, 0.6) is 0 Å². The highest BCUT2D eigenvalue weighted by atomic mass is 35.5. The van der Waals surface area contributed by atoms with Gasteiger partial charge >= 0.3 is 0 Å². The zero-order valence-corrected chi connectivity index (χ0v) is 15.3. The summed E-state index contributed by atoms with van der Waals surface area (Å²) in [5.41, 5.74) is 3.07. The van der Waals surface area contributed by atoms with Crippen molar-refractivity contribution in [2.75, 3.05) is 13.1 Å². The van der Waals surface area contributed by atoms with Gasteiger partial charge in [-0.25, -0.2) is 9.07 Å². The molecule has 140 valence electrons. The number of pyridine rings is 1. The van der Waals surface area contributed by atoms with E-state index in [-0.39, 0.29) is 30.4 Å². The molecule has 2 aromatic heterocycles. The number of fused-ring (bicyclic) bond motifs is 3. The third-order valence-electron chi connectivity index (χ3n) is 5.11. The summed E-state index contributed by atoms with van der Waals surface area (Å²) in [5.74, 6) is -0.289. The lowest BCUT2D eigenvalue weighted by Gasteiger charge is -2.26. The van der Waals surface area contributed by atoms with Crippen LogP contribution >= 0.6 is 12.4 Å². The first-order valence-corrected chi connectivity index (χ1v) is 8.71. The van der Waals surface area contributed by atoms with Crippen molar-refractivity contribution >= 4 is 12.4 Å². The standard InChI is InChI=1S/C19H18FN5O.ClH/c20-15-6-2-1-5-14(15)19-17-12-26-18-11-24(9-13-4-3-7-21-8-13)10-16(18)25(17)23-22-19;/h1-8,16,18H,9-12H2;1H/t16-,18-;/m1./s1. The molecule has 0 aliphatic carbocycles. The summed E-state index contributed by atoms with van der Waals surface area (Å²) in [6.45, 7) is 2.90. The summed E-state index contributed by atoms with van der Waals surface area (Å²) in [6, 6.07) is 10.8. The maximum Gasteiger partial charge on any atom is 0.132 e. The summed E-state index contributed by atoms with van der Waals surface area (Å²) in [7, 11) is 0. The minimum Gasteiger partial charge on any atom is -0.368 e. The lowest BCUT2D eigenvalue weighted by molar-refractivity contribution is -0.00494. The van der Waals surface area contributed by atoms with Gasteiger partial charge in [0, 0.05) is 37.6 Å². The molecule has 6 nitrogen and oxygen atoms in total. The van der Waals surface area contributed by atoms with Crippen molar-refractivity contribution in [1.82, 2.24) is 24.9 Å². The first-order valence-electron chi connectivity index (χ1n) is 8.71. The Morgan fingerprint density at radius 3 is 2.85 bits per heavy atom. The van der Waals surface area contributed by atoms with E-state index in [9.17, 15) is 4.39 Å². The second-order valence-electron chi connectivity index (χ2n) is 6.78. The molecule has 8 heteroatoms. The van der Waals surface area contributed by atoms with Crippen molar-refractivity contribution < 1.29 is 9.13 Å². The third kappa shape index (κ3) is 3.22. The smallest absolute Gasteiger partial charge is 0.132 e. The Kier molecular flexibility index (Phi) is 4.90. The molecular weight excluding hydrogens is 369 g/mol. The fraction of sp³-hybridized carbons (Fsp3) is 0.316. The predicted octanol–water partition coefficient (Wildman–Crippen LogP) is 2.86. The molecule has 27 heavy (non-hydrogen) atoms. The molecule has 1 aromatic carbocycles. The minimum atomic E-state index is -0.289. The Morgan fingerprint density at radius 1 is 1.15 bits per heavy atom. The Labute approximate surface area is 162 Å². The predicted molar refractivity (Wildman–Crippen MR) is 99.8 cm³/mol. The zero-order valence-electron chi connectivity index (χ0n) is 14.5. The van der Waals surface area contributed by atoms with E-state index in [0.717, 1.165) is 25.3 Å². The van der Waals surface area contributed by atoms with Gasteiger partial charge in [-0.2, -0.15) is 0 Å². The van der Waals surface area contributed by atoms with Crippen LogP contribution in [0.3, 0.4) is 0 Å². The Hall–Kier alpha value is -2.35. The third-order valence-corrected chi connectivity index (χ3v) is 5.11. The molecule has 0 saturated carbocycles. The fourth-order valence-corrected chi connectivity index (χ4v) is 3.87. The summed E-state index contributed by atoms with van der Waals surface area (Å²) in [6.07, 6.45) is 3.75. The van der Waals surface area contributed by atoms with Crippen molar-refractivity contribution in [3.05, 3.63) is 65.9 Å². The zero-order chi connectivity index (χ0) is 17.5. The van der Waals surface area contributed by atoms with E-state index in [1.807, 2.05) is 23.0 Å². The number of nitrogens with zero attached hydrogens (tertiary/aromatic N) is 5. The number of hydrogen-bond donors (Lipinski definition) is 0. The van der Waals surface area contributed by atoms with Gasteiger partial charge in [0.05, 0.1) is 24.4 Å². The van der Waals surface area contributed by atoms with E-state index in [2.05, 4.69) is 26.3 Å². The van der Waals surface area contributed by atoms with Crippen LogP contribution in [0.2, 0.25) is 0 Å². The van der Waals surface area contributed by atoms with Crippen LogP contribution < -0.4 is 0 Å². The van der Waals surface area contributed by atoms with E-state index in [1.165, 1.54) is 11.6 Å². The van der Waals surface area contributed by atoms with Crippen LogP contribution in [0.25, 0.3) is 11.3 Å². The summed E-state index contributed by atoms with van der Waals surface area (Å²) < 4.78 is 22.2. The Balaban J connectivity index is 0.00000180. The molecule has 2 aliphatic heterocycles. The molecule has 2 atom stereocenters. The summed E-state index contributed by atoms with van der Waals surface area (Å²) in [5, 5.41) is 8.60. The highest BCUT2D eigenvalue weighted by Gasteiger charge is 2.40. The molecule has 5 rings (SSSR count). The number of rotatable bonds is 3. The molecule has 0 unspecified atom stereocenters. The summed E-state index contributed by atoms with van der Waals surface area (Å²) >= 11 is 0. The van der Waals surface area contributed by atoms with E-state index >= 15 is 0 Å². The van der Waals surface area contributed by atoms with Gasteiger partial charge in [-0.15, -0.1) is 17.5 Å². The number of halogens is 2. The maximum atomic E-state index is 14.2. The van der Waals surface area contributed by atoms with Crippen LogP contribution in [0, 0.1) is 5.82 Å². The average molecular weight is 388 g/mol. The van der Waals surface area contributed by atoms with Crippen molar-refractivity contribution in [3.63, 3.8) is 0 Å². The van der Waals surface area contributed by atoms with Gasteiger partial charge in [0.15, 0.2) is 0 Å². The van der Waals surface area contributed by atoms with Crippen LogP contribution in [-0.4, -0.2) is 44.1 Å². The summed E-state index contributed by atoms with van der Waals surface area (Å²) in [4.78, 5) is 6.52. The molecule has 1 saturated heterocycles. The Bertz CT molecular complexity index is 935. The van der Waals surface area contributed by atoms with Gasteiger partial charge in [-0.3, -0.25) is 9.88 Å². The number of likely N-dealkylation sites (tertiary alicyclic amines) is 1. The van der Waals surface area contributed by atoms with Crippen LogP contribution in [0.1, 0.15) is 17.3 Å². The maximum absolute atomic E-state index is 14.2. The fourth-order valence-electron chi connectivity index (χ4n) is 3.87. The molecule has 0 N–H and O–H groups in total. The van der Waals surface area contributed by atoms with Crippen molar-refractivity contribution in [3.8, 4) is 11.3 Å². The molecule has 2 aliphatic rings. The average Bonchev–Trinajstić information content (AvgIpc) is 3.26. The molecule has 1 fully saturated rings. The van der Waals surface area contributed by atoms with Crippen LogP contribution in [0.15, 0.2) is 48.8 Å². The van der Waals surface area contributed by atoms with Gasteiger partial charge in [-0.1, -0.05) is 23.4 Å². The van der Waals surface area contributed by atoms with E-state index < -0.39 is 0 Å². The first-order chi connectivity index (χ1) is 12.8. The normalized spacial score (nSPS) is 21.4. The van der Waals surface area contributed by atoms with Gasteiger partial charge in [0.25, 0.3) is 0 Å².